The lowest BCUT2D eigenvalue weighted by Crippen LogP contribution is -2.02. The lowest BCUT2D eigenvalue weighted by molar-refractivity contribution is 0.926. The zero-order valence-electron chi connectivity index (χ0n) is 13.6. The number of hydrogen-bond donors (Lipinski definition) is 2. The van der Waals surface area contributed by atoms with Crippen LogP contribution >= 0.6 is 0 Å². The smallest absolute Gasteiger partial charge is 0.0373 e. The van der Waals surface area contributed by atoms with Crippen LogP contribution in [-0.2, 0) is 0 Å². The highest BCUT2D eigenvalue weighted by Gasteiger charge is 2.12. The summed E-state index contributed by atoms with van der Waals surface area (Å²) >= 11 is 0. The molecule has 1 unspecified atom stereocenters. The van der Waals surface area contributed by atoms with Crippen LogP contribution in [0.1, 0.15) is 29.5 Å². The third-order valence-corrected chi connectivity index (χ3v) is 4.44. The van der Waals surface area contributed by atoms with Gasteiger partial charge in [-0.25, -0.2) is 0 Å². The summed E-state index contributed by atoms with van der Waals surface area (Å²) in [6.45, 7) is 4.31. The van der Waals surface area contributed by atoms with Gasteiger partial charge in [-0.3, -0.25) is 0 Å². The Morgan fingerprint density at radius 3 is 2.17 bits per heavy atom. The number of rotatable bonds is 3. The third kappa shape index (κ3) is 3.07. The predicted molar refractivity (Wildman–Crippen MR) is 99.4 cm³/mol. The van der Waals surface area contributed by atoms with E-state index in [1.165, 1.54) is 22.3 Å². The maximum atomic E-state index is 6.12. The van der Waals surface area contributed by atoms with Gasteiger partial charge in [-0.15, -0.1) is 0 Å². The fraction of sp³-hybridized carbons (Fsp3) is 0.143. The predicted octanol–water partition coefficient (Wildman–Crippen LogP) is 4.98. The standard InChI is InChI=1S/C21H22N2/c1-14-5-3-4-6-19(14)17-9-7-16(8-10-17)15(2)20-12-11-18(22)13-21(20)23/h3-13,15H,22-23H2,1-2H3. The van der Waals surface area contributed by atoms with Crippen molar-refractivity contribution in [1.82, 2.24) is 0 Å². The second-order valence-corrected chi connectivity index (χ2v) is 6.05. The molecule has 0 amide bonds. The van der Waals surface area contributed by atoms with Crippen LogP contribution < -0.4 is 11.5 Å². The first-order valence-electron chi connectivity index (χ1n) is 7.87. The first-order chi connectivity index (χ1) is 11.1. The molecule has 0 saturated heterocycles. The summed E-state index contributed by atoms with van der Waals surface area (Å²) in [6, 6.07) is 22.9. The molecule has 3 aromatic rings. The van der Waals surface area contributed by atoms with Gasteiger partial charge in [-0.05, 0) is 46.9 Å². The summed E-state index contributed by atoms with van der Waals surface area (Å²) in [5.41, 5.74) is 19.5. The van der Waals surface area contributed by atoms with Gasteiger partial charge in [-0.1, -0.05) is 61.5 Å². The monoisotopic (exact) mass is 302 g/mol. The largest absolute Gasteiger partial charge is 0.399 e. The van der Waals surface area contributed by atoms with Gasteiger partial charge >= 0.3 is 0 Å². The molecule has 4 N–H and O–H groups in total. The summed E-state index contributed by atoms with van der Waals surface area (Å²) in [5, 5.41) is 0. The molecular formula is C21H22N2. The minimum atomic E-state index is 0.238. The fourth-order valence-corrected chi connectivity index (χ4v) is 3.02. The quantitative estimate of drug-likeness (QED) is 0.670. The molecule has 23 heavy (non-hydrogen) atoms. The molecule has 0 aromatic heterocycles. The Morgan fingerprint density at radius 1 is 0.826 bits per heavy atom. The molecule has 1 atom stereocenters. The Balaban J connectivity index is 1.91. The van der Waals surface area contributed by atoms with Crippen LogP contribution in [0.25, 0.3) is 11.1 Å². The van der Waals surface area contributed by atoms with E-state index < -0.39 is 0 Å². The van der Waals surface area contributed by atoms with Gasteiger partial charge < -0.3 is 11.5 Å². The number of benzene rings is 3. The molecule has 0 spiro atoms. The van der Waals surface area contributed by atoms with Crippen LogP contribution in [0.15, 0.2) is 66.7 Å². The molecule has 0 radical (unpaired) electrons. The minimum Gasteiger partial charge on any atom is -0.399 e. The summed E-state index contributed by atoms with van der Waals surface area (Å²) in [4.78, 5) is 0. The highest BCUT2D eigenvalue weighted by molar-refractivity contribution is 5.67. The summed E-state index contributed by atoms with van der Waals surface area (Å²) in [6.07, 6.45) is 0. The number of nitrogen functional groups attached to an aromatic ring is 2. The average molecular weight is 302 g/mol. The van der Waals surface area contributed by atoms with Crippen LogP contribution in [0.3, 0.4) is 0 Å². The molecule has 3 aromatic carbocycles. The molecule has 0 heterocycles. The topological polar surface area (TPSA) is 52.0 Å². The fourth-order valence-electron chi connectivity index (χ4n) is 3.02. The van der Waals surface area contributed by atoms with Gasteiger partial charge in [-0.2, -0.15) is 0 Å². The highest BCUT2D eigenvalue weighted by atomic mass is 14.6. The van der Waals surface area contributed by atoms with Crippen LogP contribution in [-0.4, -0.2) is 0 Å². The average Bonchev–Trinajstić information content (AvgIpc) is 2.55. The number of aryl methyl sites for hydroxylation is 1. The molecule has 0 saturated carbocycles. The first kappa shape index (κ1) is 15.2. The maximum absolute atomic E-state index is 6.12. The van der Waals surface area contributed by atoms with E-state index in [1.54, 1.807) is 0 Å². The van der Waals surface area contributed by atoms with Crippen molar-refractivity contribution in [2.24, 2.45) is 0 Å². The van der Waals surface area contributed by atoms with E-state index in [0.29, 0.717) is 5.69 Å². The van der Waals surface area contributed by atoms with Gasteiger partial charge in [0.2, 0.25) is 0 Å². The van der Waals surface area contributed by atoms with Crippen molar-refractivity contribution < 1.29 is 0 Å². The van der Waals surface area contributed by atoms with Crippen molar-refractivity contribution in [2.45, 2.75) is 19.8 Å². The summed E-state index contributed by atoms with van der Waals surface area (Å²) in [5.74, 6) is 0.238. The molecule has 0 aliphatic rings. The third-order valence-electron chi connectivity index (χ3n) is 4.44. The van der Waals surface area contributed by atoms with Crippen LogP contribution in [0.5, 0.6) is 0 Å². The van der Waals surface area contributed by atoms with Gasteiger partial charge in [0.05, 0.1) is 0 Å². The van der Waals surface area contributed by atoms with Crippen molar-refractivity contribution in [2.75, 3.05) is 11.5 Å². The first-order valence-corrected chi connectivity index (χ1v) is 7.87. The number of hydrogen-bond acceptors (Lipinski definition) is 2. The lowest BCUT2D eigenvalue weighted by Gasteiger charge is -2.16. The summed E-state index contributed by atoms with van der Waals surface area (Å²) in [7, 11) is 0. The second kappa shape index (κ2) is 6.17. The number of nitrogens with two attached hydrogens (primary N) is 2. The zero-order chi connectivity index (χ0) is 16.4. The Bertz CT molecular complexity index is 820. The molecule has 2 nitrogen and oxygen atoms in total. The highest BCUT2D eigenvalue weighted by Crippen LogP contribution is 2.31. The van der Waals surface area contributed by atoms with E-state index in [2.05, 4.69) is 62.4 Å². The van der Waals surface area contributed by atoms with Crippen LogP contribution in [0.2, 0.25) is 0 Å². The van der Waals surface area contributed by atoms with Gasteiger partial charge in [0, 0.05) is 17.3 Å². The van der Waals surface area contributed by atoms with Crippen molar-refractivity contribution in [3.8, 4) is 11.1 Å². The second-order valence-electron chi connectivity index (χ2n) is 6.05. The minimum absolute atomic E-state index is 0.238. The van der Waals surface area contributed by atoms with Gasteiger partial charge in [0.15, 0.2) is 0 Å². The molecular weight excluding hydrogens is 280 g/mol. The molecule has 0 aliphatic heterocycles. The van der Waals surface area contributed by atoms with E-state index in [1.807, 2.05) is 18.2 Å². The van der Waals surface area contributed by atoms with E-state index >= 15 is 0 Å². The Morgan fingerprint density at radius 2 is 1.52 bits per heavy atom. The molecule has 3 rings (SSSR count). The zero-order valence-corrected chi connectivity index (χ0v) is 13.6. The molecule has 116 valence electrons. The normalized spacial score (nSPS) is 12.1. The van der Waals surface area contributed by atoms with Crippen molar-refractivity contribution in [3.05, 3.63) is 83.4 Å². The van der Waals surface area contributed by atoms with E-state index in [0.717, 1.165) is 11.3 Å². The van der Waals surface area contributed by atoms with Crippen LogP contribution in [0, 0.1) is 6.92 Å². The SMILES string of the molecule is Cc1ccccc1-c1ccc(C(C)c2ccc(N)cc2N)cc1. The van der Waals surface area contributed by atoms with Crippen molar-refractivity contribution >= 4 is 11.4 Å². The van der Waals surface area contributed by atoms with E-state index in [-0.39, 0.29) is 5.92 Å². The van der Waals surface area contributed by atoms with Crippen molar-refractivity contribution in [1.29, 1.82) is 0 Å². The van der Waals surface area contributed by atoms with Crippen molar-refractivity contribution in [3.63, 3.8) is 0 Å². The van der Waals surface area contributed by atoms with E-state index in [9.17, 15) is 0 Å². The Hall–Kier alpha value is -2.74. The molecule has 2 heteroatoms. The van der Waals surface area contributed by atoms with E-state index in [4.69, 9.17) is 11.5 Å². The molecule has 0 aliphatic carbocycles. The number of anilines is 2. The maximum Gasteiger partial charge on any atom is 0.0373 e. The van der Waals surface area contributed by atoms with Crippen LogP contribution in [0.4, 0.5) is 11.4 Å². The molecule has 0 bridgehead atoms. The van der Waals surface area contributed by atoms with Gasteiger partial charge in [0.1, 0.15) is 0 Å². The van der Waals surface area contributed by atoms with Gasteiger partial charge in [0.25, 0.3) is 0 Å². The molecule has 0 fully saturated rings. The Labute approximate surface area is 137 Å². The summed E-state index contributed by atoms with van der Waals surface area (Å²) < 4.78 is 0. The lowest BCUT2D eigenvalue weighted by atomic mass is 9.90. The Kier molecular flexibility index (Phi) is 4.07.